The van der Waals surface area contributed by atoms with E-state index in [-0.39, 0.29) is 0 Å². The predicted octanol–water partition coefficient (Wildman–Crippen LogP) is 4.42. The Kier molecular flexibility index (Phi) is 5.63. The van der Waals surface area contributed by atoms with Gasteiger partial charge in [0, 0.05) is 11.6 Å². The maximum Gasteiger partial charge on any atom is 0.0642 e. The van der Waals surface area contributed by atoms with Crippen LogP contribution in [0, 0.1) is 5.92 Å². The Bertz CT molecular complexity index is 434. The lowest BCUT2D eigenvalue weighted by molar-refractivity contribution is 0.528. The van der Waals surface area contributed by atoms with E-state index in [0.717, 1.165) is 12.1 Å². The Balaban J connectivity index is 2.71. The van der Waals surface area contributed by atoms with Crippen molar-refractivity contribution >= 4 is 6.08 Å². The smallest absolute Gasteiger partial charge is 0.0642 e. The van der Waals surface area contributed by atoms with Crippen LogP contribution in [-0.2, 0) is 6.42 Å². The fourth-order valence-corrected chi connectivity index (χ4v) is 1.76. The van der Waals surface area contributed by atoms with Crippen LogP contribution in [0.1, 0.15) is 45.0 Å². The molecule has 1 aromatic rings. The highest BCUT2D eigenvalue weighted by Gasteiger charge is 2.08. The number of rotatable bonds is 6. The van der Waals surface area contributed by atoms with Crippen molar-refractivity contribution in [2.45, 2.75) is 40.2 Å². The SMILES string of the molecule is C=Cc1c(CC=C/C=C/C(C)C)cnn1C(C)C. The molecule has 0 amide bonds. The van der Waals surface area contributed by atoms with Crippen LogP contribution in [0.4, 0.5) is 0 Å². The minimum absolute atomic E-state index is 0.372. The van der Waals surface area contributed by atoms with Crippen LogP contribution in [0.3, 0.4) is 0 Å². The standard InChI is InChI=1S/C16H24N2/c1-6-16-15(12-17-18(16)14(4)5)11-9-7-8-10-13(2)3/h6-10,12-14H,1,11H2,2-5H3/b9-7?,10-8+. The van der Waals surface area contributed by atoms with Gasteiger partial charge in [0.1, 0.15) is 0 Å². The number of hydrogen-bond acceptors (Lipinski definition) is 1. The third kappa shape index (κ3) is 4.02. The largest absolute Gasteiger partial charge is 0.263 e. The third-order valence-corrected chi connectivity index (χ3v) is 2.68. The van der Waals surface area contributed by atoms with E-state index in [1.807, 2.05) is 17.0 Å². The summed E-state index contributed by atoms with van der Waals surface area (Å²) in [5.41, 5.74) is 2.36. The van der Waals surface area contributed by atoms with Gasteiger partial charge in [-0.1, -0.05) is 44.7 Å². The monoisotopic (exact) mass is 244 g/mol. The van der Waals surface area contributed by atoms with E-state index in [2.05, 4.69) is 63.7 Å². The molecule has 0 fully saturated rings. The number of allylic oxidation sites excluding steroid dienone is 4. The average Bonchev–Trinajstić information content (AvgIpc) is 2.71. The second-order valence-corrected chi connectivity index (χ2v) is 5.06. The number of nitrogens with zero attached hydrogens (tertiary/aromatic N) is 2. The molecule has 0 saturated carbocycles. The molecule has 0 saturated heterocycles. The fourth-order valence-electron chi connectivity index (χ4n) is 1.76. The van der Waals surface area contributed by atoms with Gasteiger partial charge < -0.3 is 0 Å². The van der Waals surface area contributed by atoms with Crippen molar-refractivity contribution in [1.82, 2.24) is 9.78 Å². The quantitative estimate of drug-likeness (QED) is 0.677. The summed E-state index contributed by atoms with van der Waals surface area (Å²) in [6.07, 6.45) is 13.3. The zero-order chi connectivity index (χ0) is 13.5. The summed E-state index contributed by atoms with van der Waals surface area (Å²) in [4.78, 5) is 0. The van der Waals surface area contributed by atoms with Gasteiger partial charge in [-0.3, -0.25) is 4.68 Å². The molecule has 0 spiro atoms. The first-order chi connectivity index (χ1) is 8.56. The van der Waals surface area contributed by atoms with Crippen molar-refractivity contribution in [3.63, 3.8) is 0 Å². The van der Waals surface area contributed by atoms with Crippen LogP contribution >= 0.6 is 0 Å². The molecule has 18 heavy (non-hydrogen) atoms. The maximum absolute atomic E-state index is 4.41. The number of hydrogen-bond donors (Lipinski definition) is 0. The summed E-state index contributed by atoms with van der Waals surface area (Å²) < 4.78 is 2.01. The van der Waals surface area contributed by atoms with E-state index >= 15 is 0 Å². The highest BCUT2D eigenvalue weighted by molar-refractivity contribution is 5.47. The first kappa shape index (κ1) is 14.5. The summed E-state index contributed by atoms with van der Waals surface area (Å²) >= 11 is 0. The van der Waals surface area contributed by atoms with Gasteiger partial charge in [-0.15, -0.1) is 0 Å². The molecule has 2 nitrogen and oxygen atoms in total. The summed E-state index contributed by atoms with van der Waals surface area (Å²) in [6, 6.07) is 0.372. The van der Waals surface area contributed by atoms with Crippen LogP contribution in [0.5, 0.6) is 0 Å². The minimum atomic E-state index is 0.372. The van der Waals surface area contributed by atoms with Gasteiger partial charge in [-0.25, -0.2) is 0 Å². The maximum atomic E-state index is 4.41. The first-order valence-corrected chi connectivity index (χ1v) is 6.58. The minimum Gasteiger partial charge on any atom is -0.263 e. The lowest BCUT2D eigenvalue weighted by Crippen LogP contribution is -2.05. The van der Waals surface area contributed by atoms with Crippen LogP contribution in [0.2, 0.25) is 0 Å². The van der Waals surface area contributed by atoms with Crippen LogP contribution < -0.4 is 0 Å². The van der Waals surface area contributed by atoms with E-state index in [4.69, 9.17) is 0 Å². The van der Waals surface area contributed by atoms with Gasteiger partial charge >= 0.3 is 0 Å². The molecule has 0 atom stereocenters. The van der Waals surface area contributed by atoms with Gasteiger partial charge in [0.25, 0.3) is 0 Å². The molecule has 0 aliphatic rings. The van der Waals surface area contributed by atoms with Crippen molar-refractivity contribution in [3.05, 3.63) is 48.3 Å². The van der Waals surface area contributed by atoms with E-state index in [1.165, 1.54) is 5.56 Å². The Labute approximate surface area is 111 Å². The van der Waals surface area contributed by atoms with Crippen LogP contribution in [0.15, 0.2) is 37.1 Å². The Morgan fingerprint density at radius 1 is 1.28 bits per heavy atom. The fraction of sp³-hybridized carbons (Fsp3) is 0.438. The van der Waals surface area contributed by atoms with Crippen LogP contribution in [-0.4, -0.2) is 9.78 Å². The van der Waals surface area contributed by atoms with E-state index < -0.39 is 0 Å². The molecule has 0 aromatic carbocycles. The van der Waals surface area contributed by atoms with Crippen molar-refractivity contribution in [3.8, 4) is 0 Å². The average molecular weight is 244 g/mol. The normalized spacial score (nSPS) is 12.3. The summed E-state index contributed by atoms with van der Waals surface area (Å²) in [6.45, 7) is 12.5. The van der Waals surface area contributed by atoms with Gasteiger partial charge in [-0.05, 0) is 32.3 Å². The molecule has 0 N–H and O–H groups in total. The molecule has 2 heteroatoms. The van der Waals surface area contributed by atoms with Crippen molar-refractivity contribution < 1.29 is 0 Å². The lowest BCUT2D eigenvalue weighted by atomic mass is 10.1. The molecule has 0 aliphatic heterocycles. The van der Waals surface area contributed by atoms with Crippen molar-refractivity contribution in [2.75, 3.05) is 0 Å². The van der Waals surface area contributed by atoms with Gasteiger partial charge in [0.15, 0.2) is 0 Å². The van der Waals surface area contributed by atoms with Gasteiger partial charge in [0.2, 0.25) is 0 Å². The summed E-state index contributed by atoms with van der Waals surface area (Å²) in [5, 5.41) is 4.41. The molecule has 0 radical (unpaired) electrons. The lowest BCUT2D eigenvalue weighted by Gasteiger charge is -2.08. The number of aromatic nitrogens is 2. The summed E-state index contributed by atoms with van der Waals surface area (Å²) in [5.74, 6) is 0.599. The molecule has 98 valence electrons. The molecule has 1 aromatic heterocycles. The first-order valence-electron chi connectivity index (χ1n) is 6.58. The van der Waals surface area contributed by atoms with Crippen LogP contribution in [0.25, 0.3) is 6.08 Å². The van der Waals surface area contributed by atoms with E-state index in [9.17, 15) is 0 Å². The topological polar surface area (TPSA) is 17.8 Å². The van der Waals surface area contributed by atoms with Gasteiger partial charge in [0.05, 0.1) is 11.9 Å². The molecule has 1 heterocycles. The molecular formula is C16H24N2. The third-order valence-electron chi connectivity index (χ3n) is 2.68. The molecule has 0 unspecified atom stereocenters. The second kappa shape index (κ2) is 7.00. The highest BCUT2D eigenvalue weighted by atomic mass is 15.3. The zero-order valence-corrected chi connectivity index (χ0v) is 11.9. The zero-order valence-electron chi connectivity index (χ0n) is 11.9. The predicted molar refractivity (Wildman–Crippen MR) is 79.5 cm³/mol. The Morgan fingerprint density at radius 3 is 2.56 bits per heavy atom. The van der Waals surface area contributed by atoms with Crippen molar-refractivity contribution in [1.29, 1.82) is 0 Å². The second-order valence-electron chi connectivity index (χ2n) is 5.06. The molecule has 1 rings (SSSR count). The molecule has 0 aliphatic carbocycles. The molecular weight excluding hydrogens is 220 g/mol. The Morgan fingerprint density at radius 2 is 2.00 bits per heavy atom. The van der Waals surface area contributed by atoms with Crippen molar-refractivity contribution in [2.24, 2.45) is 5.92 Å². The van der Waals surface area contributed by atoms with E-state index in [0.29, 0.717) is 12.0 Å². The molecule has 0 bridgehead atoms. The Hall–Kier alpha value is -1.57. The summed E-state index contributed by atoms with van der Waals surface area (Å²) in [7, 11) is 0. The van der Waals surface area contributed by atoms with E-state index in [1.54, 1.807) is 0 Å². The highest BCUT2D eigenvalue weighted by Crippen LogP contribution is 2.16. The van der Waals surface area contributed by atoms with Gasteiger partial charge in [-0.2, -0.15) is 5.10 Å².